The van der Waals surface area contributed by atoms with Crippen molar-refractivity contribution in [3.63, 3.8) is 0 Å². The minimum absolute atomic E-state index is 0.174. The van der Waals surface area contributed by atoms with Crippen LogP contribution in [0, 0.1) is 0 Å². The van der Waals surface area contributed by atoms with E-state index in [1.807, 2.05) is 18.7 Å². The number of amides is 1. The Bertz CT molecular complexity index is 158. The Kier molecular flexibility index (Phi) is 2.49. The standard InChI is InChI=1S/C8H16N2O/c1-3-10-6(2)7(9)4-5-8(10)11/h6-7H,3-5,9H2,1-2H3. The average Bonchev–Trinajstić information content (AvgIpc) is 1.99. The number of hydrogen-bond donors (Lipinski definition) is 1. The quantitative estimate of drug-likeness (QED) is 0.595. The molecule has 0 aromatic rings. The molecular weight excluding hydrogens is 140 g/mol. The molecular formula is C8H16N2O. The monoisotopic (exact) mass is 156 g/mol. The number of likely N-dealkylation sites (tertiary alicyclic amines) is 1. The largest absolute Gasteiger partial charge is 0.339 e. The molecule has 3 heteroatoms. The first kappa shape index (κ1) is 8.53. The van der Waals surface area contributed by atoms with E-state index >= 15 is 0 Å². The van der Waals surface area contributed by atoms with Crippen LogP contribution in [0.3, 0.4) is 0 Å². The van der Waals surface area contributed by atoms with Crippen molar-refractivity contribution in [1.82, 2.24) is 4.90 Å². The Morgan fingerprint density at radius 3 is 2.82 bits per heavy atom. The molecule has 2 unspecified atom stereocenters. The summed E-state index contributed by atoms with van der Waals surface area (Å²) in [6.45, 7) is 4.80. The predicted octanol–water partition coefficient (Wildman–Crippen LogP) is 0.345. The third-order valence-corrected chi connectivity index (χ3v) is 2.46. The van der Waals surface area contributed by atoms with Gasteiger partial charge in [0.05, 0.1) is 0 Å². The fourth-order valence-corrected chi connectivity index (χ4v) is 1.60. The lowest BCUT2D eigenvalue weighted by Gasteiger charge is -2.36. The summed E-state index contributed by atoms with van der Waals surface area (Å²) in [5, 5.41) is 0. The molecule has 1 aliphatic rings. The zero-order chi connectivity index (χ0) is 8.43. The van der Waals surface area contributed by atoms with Crippen LogP contribution in [0.25, 0.3) is 0 Å². The van der Waals surface area contributed by atoms with Gasteiger partial charge in [0.1, 0.15) is 0 Å². The minimum atomic E-state index is 0.174. The number of nitrogens with zero attached hydrogens (tertiary/aromatic N) is 1. The van der Waals surface area contributed by atoms with Crippen LogP contribution in [0.4, 0.5) is 0 Å². The third kappa shape index (κ3) is 1.53. The first-order chi connectivity index (χ1) is 5.16. The van der Waals surface area contributed by atoms with E-state index in [-0.39, 0.29) is 18.0 Å². The molecule has 0 radical (unpaired) electrons. The Morgan fingerprint density at radius 2 is 2.36 bits per heavy atom. The summed E-state index contributed by atoms with van der Waals surface area (Å²) in [6.07, 6.45) is 1.47. The second-order valence-corrected chi connectivity index (χ2v) is 3.12. The van der Waals surface area contributed by atoms with Gasteiger partial charge in [0.25, 0.3) is 0 Å². The zero-order valence-electron chi connectivity index (χ0n) is 7.21. The summed E-state index contributed by atoms with van der Waals surface area (Å²) in [5.41, 5.74) is 5.81. The van der Waals surface area contributed by atoms with Gasteiger partial charge < -0.3 is 10.6 Å². The van der Waals surface area contributed by atoms with Crippen molar-refractivity contribution in [3.05, 3.63) is 0 Å². The SMILES string of the molecule is CCN1C(=O)CCC(N)C1C. The first-order valence-corrected chi connectivity index (χ1v) is 4.22. The minimum Gasteiger partial charge on any atom is -0.339 e. The summed E-state index contributed by atoms with van der Waals surface area (Å²) >= 11 is 0. The molecule has 1 aliphatic heterocycles. The van der Waals surface area contributed by atoms with E-state index < -0.39 is 0 Å². The summed E-state index contributed by atoms with van der Waals surface area (Å²) in [6, 6.07) is 0.397. The summed E-state index contributed by atoms with van der Waals surface area (Å²) in [7, 11) is 0. The highest BCUT2D eigenvalue weighted by molar-refractivity contribution is 5.77. The van der Waals surface area contributed by atoms with Crippen LogP contribution in [-0.4, -0.2) is 29.4 Å². The molecule has 0 saturated carbocycles. The Hall–Kier alpha value is -0.570. The maximum absolute atomic E-state index is 11.3. The molecule has 0 aromatic heterocycles. The van der Waals surface area contributed by atoms with Crippen LogP contribution in [-0.2, 0) is 4.79 Å². The molecule has 1 saturated heterocycles. The summed E-state index contributed by atoms with van der Waals surface area (Å²) in [4.78, 5) is 13.1. The van der Waals surface area contributed by atoms with Gasteiger partial charge in [0.15, 0.2) is 0 Å². The van der Waals surface area contributed by atoms with Gasteiger partial charge in [-0.3, -0.25) is 4.79 Å². The molecule has 0 aromatic carbocycles. The van der Waals surface area contributed by atoms with Gasteiger partial charge in [-0.1, -0.05) is 0 Å². The lowest BCUT2D eigenvalue weighted by molar-refractivity contribution is -0.136. The second kappa shape index (κ2) is 3.22. The fourth-order valence-electron chi connectivity index (χ4n) is 1.60. The van der Waals surface area contributed by atoms with Gasteiger partial charge >= 0.3 is 0 Å². The molecule has 11 heavy (non-hydrogen) atoms. The molecule has 2 N–H and O–H groups in total. The van der Waals surface area contributed by atoms with E-state index in [1.54, 1.807) is 0 Å². The van der Waals surface area contributed by atoms with Crippen molar-refractivity contribution >= 4 is 5.91 Å². The molecule has 64 valence electrons. The van der Waals surface area contributed by atoms with Gasteiger partial charge in [-0.15, -0.1) is 0 Å². The van der Waals surface area contributed by atoms with Crippen LogP contribution in [0.5, 0.6) is 0 Å². The van der Waals surface area contributed by atoms with Gasteiger partial charge in [0.2, 0.25) is 5.91 Å². The molecule has 1 fully saturated rings. The summed E-state index contributed by atoms with van der Waals surface area (Å²) in [5.74, 6) is 0.252. The van der Waals surface area contributed by atoms with Crippen molar-refractivity contribution in [2.75, 3.05) is 6.54 Å². The number of carbonyl (C=O) groups excluding carboxylic acids is 1. The highest BCUT2D eigenvalue weighted by Crippen LogP contribution is 2.15. The van der Waals surface area contributed by atoms with Crippen molar-refractivity contribution in [2.24, 2.45) is 5.73 Å². The number of rotatable bonds is 1. The fraction of sp³-hybridized carbons (Fsp3) is 0.875. The highest BCUT2D eigenvalue weighted by Gasteiger charge is 2.28. The molecule has 1 rings (SSSR count). The zero-order valence-corrected chi connectivity index (χ0v) is 7.21. The molecule has 1 heterocycles. The number of likely N-dealkylation sites (N-methyl/N-ethyl adjacent to an activating group) is 1. The molecule has 0 aliphatic carbocycles. The second-order valence-electron chi connectivity index (χ2n) is 3.12. The maximum Gasteiger partial charge on any atom is 0.222 e. The van der Waals surface area contributed by atoms with Crippen molar-refractivity contribution in [3.8, 4) is 0 Å². The van der Waals surface area contributed by atoms with Gasteiger partial charge in [-0.2, -0.15) is 0 Å². The smallest absolute Gasteiger partial charge is 0.222 e. The van der Waals surface area contributed by atoms with E-state index in [0.717, 1.165) is 13.0 Å². The first-order valence-electron chi connectivity index (χ1n) is 4.22. The normalized spacial score (nSPS) is 32.6. The lowest BCUT2D eigenvalue weighted by Crippen LogP contribution is -2.52. The molecule has 2 atom stereocenters. The van der Waals surface area contributed by atoms with E-state index in [9.17, 15) is 4.79 Å². The number of hydrogen-bond acceptors (Lipinski definition) is 2. The van der Waals surface area contributed by atoms with Crippen molar-refractivity contribution in [1.29, 1.82) is 0 Å². The van der Waals surface area contributed by atoms with Gasteiger partial charge in [-0.25, -0.2) is 0 Å². The maximum atomic E-state index is 11.3. The Morgan fingerprint density at radius 1 is 1.73 bits per heavy atom. The van der Waals surface area contributed by atoms with E-state index in [1.165, 1.54) is 0 Å². The topological polar surface area (TPSA) is 46.3 Å². The van der Waals surface area contributed by atoms with Crippen LogP contribution in [0.1, 0.15) is 26.7 Å². The molecule has 3 nitrogen and oxygen atoms in total. The van der Waals surface area contributed by atoms with Gasteiger partial charge in [0, 0.05) is 25.0 Å². The van der Waals surface area contributed by atoms with Crippen LogP contribution >= 0.6 is 0 Å². The molecule has 1 amide bonds. The van der Waals surface area contributed by atoms with Crippen LogP contribution in [0.15, 0.2) is 0 Å². The Labute approximate surface area is 67.5 Å². The number of piperidine rings is 1. The molecule has 0 bridgehead atoms. The molecule has 0 spiro atoms. The van der Waals surface area contributed by atoms with Crippen molar-refractivity contribution in [2.45, 2.75) is 38.8 Å². The highest BCUT2D eigenvalue weighted by atomic mass is 16.2. The van der Waals surface area contributed by atoms with E-state index in [2.05, 4.69) is 0 Å². The van der Waals surface area contributed by atoms with Gasteiger partial charge in [-0.05, 0) is 20.3 Å². The Balaban J connectivity index is 2.63. The number of carbonyl (C=O) groups is 1. The third-order valence-electron chi connectivity index (χ3n) is 2.46. The van der Waals surface area contributed by atoms with Crippen LogP contribution in [0.2, 0.25) is 0 Å². The lowest BCUT2D eigenvalue weighted by atomic mass is 9.98. The van der Waals surface area contributed by atoms with Crippen LogP contribution < -0.4 is 5.73 Å². The van der Waals surface area contributed by atoms with Crippen molar-refractivity contribution < 1.29 is 4.79 Å². The van der Waals surface area contributed by atoms with E-state index in [0.29, 0.717) is 6.42 Å². The predicted molar refractivity (Wildman–Crippen MR) is 44.1 cm³/mol. The van der Waals surface area contributed by atoms with E-state index in [4.69, 9.17) is 5.73 Å². The number of nitrogens with two attached hydrogens (primary N) is 1. The summed E-state index contributed by atoms with van der Waals surface area (Å²) < 4.78 is 0. The average molecular weight is 156 g/mol.